The molecule has 4 N–H and O–H groups in total. The maximum absolute atomic E-state index is 9.09. The van der Waals surface area contributed by atoms with Crippen LogP contribution in [0.4, 0.5) is 4.79 Å². The first kappa shape index (κ1) is 23.7. The molecule has 1 radical (unpaired) electrons. The van der Waals surface area contributed by atoms with Gasteiger partial charge in [0.2, 0.25) is 0 Å². The summed E-state index contributed by atoms with van der Waals surface area (Å²) < 4.78 is 18.9. The van der Waals surface area contributed by atoms with Crippen molar-refractivity contribution in [3.63, 3.8) is 0 Å². The van der Waals surface area contributed by atoms with Crippen molar-refractivity contribution >= 4 is 44.8 Å². The summed E-state index contributed by atoms with van der Waals surface area (Å²) in [6.45, 7) is 2.74. The van der Waals surface area contributed by atoms with E-state index in [4.69, 9.17) is 28.5 Å². The molecule has 0 aromatic rings. The minimum absolute atomic E-state index is 0.151. The summed E-state index contributed by atoms with van der Waals surface area (Å²) in [5.41, 5.74) is 9.38. The Morgan fingerprint density at radius 3 is 1.74 bits per heavy atom. The van der Waals surface area contributed by atoms with Gasteiger partial charge in [-0.05, 0) is 18.6 Å². The topological polar surface area (TPSA) is 106 Å². The molecule has 0 heterocycles. The van der Waals surface area contributed by atoms with E-state index in [9.17, 15) is 0 Å². The van der Waals surface area contributed by atoms with Crippen LogP contribution in [0.25, 0.3) is 0 Å². The number of hydrogen-bond donors (Lipinski definition) is 3. The number of amides is 1. The summed E-state index contributed by atoms with van der Waals surface area (Å²) >= 11 is 7.57. The van der Waals surface area contributed by atoms with Crippen LogP contribution in [0.3, 0.4) is 0 Å². The van der Waals surface area contributed by atoms with Gasteiger partial charge in [-0.25, -0.2) is 0 Å². The number of ether oxygens (including phenoxy) is 1. The van der Waals surface area contributed by atoms with Gasteiger partial charge in [-0.2, -0.15) is 0 Å². The Morgan fingerprint density at radius 1 is 1.21 bits per heavy atom. The van der Waals surface area contributed by atoms with Crippen molar-refractivity contribution in [3.05, 3.63) is 0 Å². The molecule has 0 saturated carbocycles. The van der Waals surface area contributed by atoms with Gasteiger partial charge in [0.1, 0.15) is 0 Å². The standard InChI is InChI=1S/C5H11NOS.C3H9O3Si.CH3NOS/c1-2-3-4-7-5(6)8;1-4-7(5-2)6-3;2-1(3)4/h2-4H2,1H3,(H2,6,8);1-3H3;(H3,2,3,4). The number of thiocarbonyl (C=S) groups is 1. The predicted molar refractivity (Wildman–Crippen MR) is 83.0 cm³/mol. The van der Waals surface area contributed by atoms with Crippen molar-refractivity contribution in [2.75, 3.05) is 27.9 Å². The Balaban J connectivity index is -0.000000214. The quantitative estimate of drug-likeness (QED) is 0.288. The second-order valence-electron chi connectivity index (χ2n) is 2.72. The lowest BCUT2D eigenvalue weighted by Gasteiger charge is -2.02. The Kier molecular flexibility index (Phi) is 24.8. The molecule has 0 saturated heterocycles. The van der Waals surface area contributed by atoms with Gasteiger partial charge in [0.25, 0.3) is 10.4 Å². The van der Waals surface area contributed by atoms with Crippen LogP contribution >= 0.6 is 24.8 Å². The molecule has 0 fully saturated rings. The molecule has 0 bridgehead atoms. The SMILES string of the molecule is CCCCOC(N)=S.CO[Si](OC)OC.NC(=O)S. The summed E-state index contributed by atoms with van der Waals surface area (Å²) in [6, 6.07) is 0. The second kappa shape index (κ2) is 19.9. The van der Waals surface area contributed by atoms with E-state index in [0.717, 1.165) is 12.8 Å². The highest BCUT2D eigenvalue weighted by atomic mass is 32.1. The van der Waals surface area contributed by atoms with Crippen molar-refractivity contribution in [2.24, 2.45) is 11.5 Å². The summed E-state index contributed by atoms with van der Waals surface area (Å²) in [6.07, 6.45) is 2.14. The molecule has 1 amide bonds. The third-order valence-electron chi connectivity index (χ3n) is 1.24. The second-order valence-corrected chi connectivity index (χ2v) is 5.29. The van der Waals surface area contributed by atoms with E-state index in [1.165, 1.54) is 0 Å². The lowest BCUT2D eigenvalue weighted by molar-refractivity contribution is 0.163. The number of primary amides is 1. The largest absolute Gasteiger partial charge is 0.576 e. The molecular formula is C9H23N2O5S2Si. The number of hydrogen-bond acceptors (Lipinski definition) is 6. The fourth-order valence-electron chi connectivity index (χ4n) is 0.567. The van der Waals surface area contributed by atoms with Gasteiger partial charge in [0.05, 0.1) is 6.61 Å². The third kappa shape index (κ3) is 38.1. The van der Waals surface area contributed by atoms with Gasteiger partial charge in [-0.15, -0.1) is 0 Å². The summed E-state index contributed by atoms with van der Waals surface area (Å²) in [7, 11) is 3.31. The van der Waals surface area contributed by atoms with E-state index in [1.54, 1.807) is 21.3 Å². The Morgan fingerprint density at radius 2 is 1.58 bits per heavy atom. The monoisotopic (exact) mass is 331 g/mol. The van der Waals surface area contributed by atoms with E-state index in [-0.39, 0.29) is 5.17 Å². The molecule has 0 spiro atoms. The molecular weight excluding hydrogens is 308 g/mol. The van der Waals surface area contributed by atoms with Gasteiger partial charge >= 0.3 is 9.53 Å². The number of carbonyl (C=O) groups is 1. The highest BCUT2D eigenvalue weighted by Crippen LogP contribution is 1.86. The molecule has 0 aliphatic heterocycles. The van der Waals surface area contributed by atoms with Crippen LogP contribution in [0, 0.1) is 0 Å². The number of rotatable bonds is 6. The minimum Gasteiger partial charge on any atom is -0.471 e. The molecule has 0 atom stereocenters. The molecule has 0 aromatic heterocycles. The van der Waals surface area contributed by atoms with Crippen molar-refractivity contribution < 1.29 is 22.8 Å². The molecule has 19 heavy (non-hydrogen) atoms. The number of nitrogens with two attached hydrogens (primary N) is 2. The first-order valence-electron chi connectivity index (χ1n) is 5.25. The molecule has 7 nitrogen and oxygen atoms in total. The average Bonchev–Trinajstić information content (AvgIpc) is 2.31. The van der Waals surface area contributed by atoms with Crippen molar-refractivity contribution in [2.45, 2.75) is 19.8 Å². The summed E-state index contributed by atoms with van der Waals surface area (Å²) in [5.74, 6) is 0. The lowest BCUT2D eigenvalue weighted by atomic mass is 10.4. The third-order valence-corrected chi connectivity index (χ3v) is 2.36. The van der Waals surface area contributed by atoms with Crippen LogP contribution in [0.2, 0.25) is 0 Å². The maximum atomic E-state index is 9.09. The highest BCUT2D eigenvalue weighted by molar-refractivity contribution is 7.96. The first-order chi connectivity index (χ1) is 8.85. The van der Waals surface area contributed by atoms with Gasteiger partial charge in [0, 0.05) is 21.3 Å². The predicted octanol–water partition coefficient (Wildman–Crippen LogP) is 0.952. The lowest BCUT2D eigenvalue weighted by Crippen LogP contribution is -2.21. The maximum Gasteiger partial charge on any atom is 0.576 e. The Labute approximate surface area is 127 Å². The minimum atomic E-state index is -1.36. The zero-order valence-electron chi connectivity index (χ0n) is 11.7. The van der Waals surface area contributed by atoms with Crippen LogP contribution in [0.15, 0.2) is 0 Å². The van der Waals surface area contributed by atoms with Crippen molar-refractivity contribution in [1.29, 1.82) is 0 Å². The van der Waals surface area contributed by atoms with Crippen molar-refractivity contribution in [1.82, 2.24) is 0 Å². The fraction of sp³-hybridized carbons (Fsp3) is 0.778. The molecule has 0 aliphatic rings. The molecule has 0 unspecified atom stereocenters. The number of unbranched alkanes of at least 4 members (excludes halogenated alkanes) is 1. The number of thiol groups is 1. The van der Waals surface area contributed by atoms with Gasteiger partial charge in [-0.1, -0.05) is 26.0 Å². The molecule has 0 aliphatic carbocycles. The van der Waals surface area contributed by atoms with Crippen LogP contribution in [-0.2, 0) is 18.0 Å². The molecule has 10 heteroatoms. The van der Waals surface area contributed by atoms with E-state index < -0.39 is 14.8 Å². The van der Waals surface area contributed by atoms with Gasteiger partial charge in [0.15, 0.2) is 0 Å². The zero-order valence-corrected chi connectivity index (χ0v) is 14.4. The smallest absolute Gasteiger partial charge is 0.471 e. The number of carbonyl (C=O) groups excluding carboxylic acids is 1. The summed E-state index contributed by atoms with van der Waals surface area (Å²) in [5, 5.41) is -0.488. The van der Waals surface area contributed by atoms with E-state index in [2.05, 4.69) is 37.5 Å². The summed E-state index contributed by atoms with van der Waals surface area (Å²) in [4.78, 5) is 9.09. The van der Waals surface area contributed by atoms with Crippen LogP contribution in [-0.4, -0.2) is 47.9 Å². The molecule has 0 aromatic carbocycles. The average molecular weight is 332 g/mol. The van der Waals surface area contributed by atoms with E-state index in [0.29, 0.717) is 6.61 Å². The van der Waals surface area contributed by atoms with E-state index >= 15 is 0 Å². The Hall–Kier alpha value is -0.393. The van der Waals surface area contributed by atoms with Crippen LogP contribution in [0.5, 0.6) is 0 Å². The normalized spacial score (nSPS) is 8.74. The van der Waals surface area contributed by atoms with E-state index in [1.807, 2.05) is 0 Å². The van der Waals surface area contributed by atoms with Crippen LogP contribution < -0.4 is 11.5 Å². The Bertz CT molecular complexity index is 211. The van der Waals surface area contributed by atoms with Crippen LogP contribution in [0.1, 0.15) is 19.8 Å². The highest BCUT2D eigenvalue weighted by Gasteiger charge is 2.09. The zero-order chi connectivity index (χ0) is 15.7. The van der Waals surface area contributed by atoms with Crippen molar-refractivity contribution in [3.8, 4) is 0 Å². The van der Waals surface area contributed by atoms with Gasteiger partial charge < -0.3 is 29.5 Å². The fourth-order valence-corrected chi connectivity index (χ4v) is 1.15. The first-order valence-corrected chi connectivity index (χ1v) is 7.33. The molecule has 0 rings (SSSR count). The van der Waals surface area contributed by atoms with Gasteiger partial charge in [-0.3, -0.25) is 4.79 Å². The molecule has 115 valence electrons.